The zero-order valence-corrected chi connectivity index (χ0v) is 13.8. The van der Waals surface area contributed by atoms with Gasteiger partial charge in [0, 0.05) is 10.7 Å². The van der Waals surface area contributed by atoms with Gasteiger partial charge in [-0.05, 0) is 38.5 Å². The molecule has 1 aromatic rings. The number of amidine groups is 1. The van der Waals surface area contributed by atoms with Crippen molar-refractivity contribution in [3.05, 3.63) is 34.9 Å². The van der Waals surface area contributed by atoms with E-state index in [9.17, 15) is 4.79 Å². The van der Waals surface area contributed by atoms with Crippen molar-refractivity contribution < 1.29 is 14.3 Å². The lowest BCUT2D eigenvalue weighted by atomic mass is 9.89. The summed E-state index contributed by atoms with van der Waals surface area (Å²) in [4.78, 5) is 21.1. The van der Waals surface area contributed by atoms with Gasteiger partial charge in [0.1, 0.15) is 5.92 Å². The quantitative estimate of drug-likeness (QED) is 0.801. The fraction of sp³-hybridized carbons (Fsp3) is 0.438. The van der Waals surface area contributed by atoms with Crippen LogP contribution in [0.1, 0.15) is 32.4 Å². The van der Waals surface area contributed by atoms with Gasteiger partial charge >= 0.3 is 12.0 Å². The van der Waals surface area contributed by atoms with E-state index < -0.39 is 12.0 Å². The van der Waals surface area contributed by atoms with Crippen molar-refractivity contribution in [2.45, 2.75) is 32.9 Å². The summed E-state index contributed by atoms with van der Waals surface area (Å²) in [5.74, 6) is -0.931. The Morgan fingerprint density at radius 2 is 2.09 bits per heavy atom. The maximum Gasteiger partial charge on any atom is 0.317 e. The number of benzene rings is 1. The molecule has 6 heteroatoms. The summed E-state index contributed by atoms with van der Waals surface area (Å²) in [6.07, 6.45) is -0.201. The van der Waals surface area contributed by atoms with Gasteiger partial charge in [-0.1, -0.05) is 23.7 Å². The Morgan fingerprint density at radius 3 is 2.68 bits per heavy atom. The Hall–Kier alpha value is -1.88. The Kier molecular flexibility index (Phi) is 5.19. The molecule has 0 fully saturated rings. The number of rotatable bonds is 3. The lowest BCUT2D eigenvalue weighted by Gasteiger charge is -2.27. The van der Waals surface area contributed by atoms with Crippen LogP contribution in [0.2, 0.25) is 5.02 Å². The molecule has 0 aromatic heterocycles. The van der Waals surface area contributed by atoms with Crippen LogP contribution in [-0.2, 0) is 14.3 Å². The van der Waals surface area contributed by atoms with Gasteiger partial charge in [0.2, 0.25) is 0 Å². The van der Waals surface area contributed by atoms with E-state index in [-0.39, 0.29) is 18.1 Å². The minimum absolute atomic E-state index is 0.201. The van der Waals surface area contributed by atoms with Crippen molar-refractivity contribution in [3.8, 4) is 0 Å². The molecule has 0 amide bonds. The highest BCUT2D eigenvalue weighted by Gasteiger charge is 2.37. The number of esters is 1. The molecular formula is C16H19ClN2O3. The standard InChI is InChI=1S/C16H19ClN2O3/c1-9(2)22-15(20)13-10(3)18-16(21-4)19-14(13)11-6-5-7-12(17)8-11/h5-9,13-14H,1-4H3. The summed E-state index contributed by atoms with van der Waals surface area (Å²) in [5, 5.41) is 0.586. The van der Waals surface area contributed by atoms with Crippen LogP contribution in [0.5, 0.6) is 0 Å². The third kappa shape index (κ3) is 3.65. The van der Waals surface area contributed by atoms with E-state index in [1.54, 1.807) is 19.1 Å². The largest absolute Gasteiger partial charge is 0.467 e. The van der Waals surface area contributed by atoms with Crippen LogP contribution in [0.15, 0.2) is 34.3 Å². The fourth-order valence-corrected chi connectivity index (χ4v) is 2.53. The molecule has 0 N–H and O–H groups in total. The second-order valence-corrected chi connectivity index (χ2v) is 5.77. The monoisotopic (exact) mass is 322 g/mol. The van der Waals surface area contributed by atoms with E-state index >= 15 is 0 Å². The molecule has 1 aromatic carbocycles. The second-order valence-electron chi connectivity index (χ2n) is 5.33. The van der Waals surface area contributed by atoms with Crippen molar-refractivity contribution in [1.29, 1.82) is 0 Å². The van der Waals surface area contributed by atoms with E-state index in [1.807, 2.05) is 26.0 Å². The summed E-state index contributed by atoms with van der Waals surface area (Å²) in [7, 11) is 1.50. The van der Waals surface area contributed by atoms with Gasteiger partial charge < -0.3 is 9.47 Å². The summed E-state index contributed by atoms with van der Waals surface area (Å²) in [6, 6.07) is 7.05. The van der Waals surface area contributed by atoms with E-state index in [0.717, 1.165) is 5.56 Å². The molecule has 1 aliphatic heterocycles. The van der Waals surface area contributed by atoms with Crippen LogP contribution in [0, 0.1) is 5.92 Å². The van der Waals surface area contributed by atoms with Crippen LogP contribution >= 0.6 is 11.6 Å². The first-order valence-electron chi connectivity index (χ1n) is 7.05. The molecule has 1 aliphatic rings. The SMILES string of the molecule is COC1=NC(c2cccc(Cl)c2)C(C(=O)OC(C)C)C(C)=N1. The van der Waals surface area contributed by atoms with Gasteiger partial charge in [-0.3, -0.25) is 4.79 Å². The number of halogens is 1. The summed E-state index contributed by atoms with van der Waals surface area (Å²) < 4.78 is 10.5. The average Bonchev–Trinajstić information content (AvgIpc) is 2.45. The van der Waals surface area contributed by atoms with Crippen LogP contribution in [-0.4, -0.2) is 30.9 Å². The molecule has 0 spiro atoms. The van der Waals surface area contributed by atoms with Crippen LogP contribution in [0.4, 0.5) is 0 Å². The van der Waals surface area contributed by atoms with Crippen molar-refractivity contribution in [2.24, 2.45) is 15.9 Å². The summed E-state index contributed by atoms with van der Waals surface area (Å²) in [5.41, 5.74) is 1.43. The lowest BCUT2D eigenvalue weighted by Crippen LogP contribution is -2.34. The lowest BCUT2D eigenvalue weighted by molar-refractivity contribution is -0.150. The molecule has 0 bridgehead atoms. The number of carbonyl (C=O) groups is 1. The van der Waals surface area contributed by atoms with Crippen LogP contribution in [0.3, 0.4) is 0 Å². The third-order valence-corrected chi connectivity index (χ3v) is 3.50. The zero-order valence-electron chi connectivity index (χ0n) is 13.0. The molecule has 118 valence electrons. The predicted molar refractivity (Wildman–Crippen MR) is 86.5 cm³/mol. The molecule has 22 heavy (non-hydrogen) atoms. The molecule has 5 nitrogen and oxygen atoms in total. The number of hydrogen-bond acceptors (Lipinski definition) is 5. The van der Waals surface area contributed by atoms with Crippen molar-refractivity contribution >= 4 is 29.3 Å². The molecular weight excluding hydrogens is 304 g/mol. The Morgan fingerprint density at radius 1 is 1.36 bits per heavy atom. The molecule has 2 rings (SSSR count). The van der Waals surface area contributed by atoms with E-state index in [2.05, 4.69) is 9.98 Å². The highest BCUT2D eigenvalue weighted by Crippen LogP contribution is 2.33. The topological polar surface area (TPSA) is 60.2 Å². The number of nitrogens with zero attached hydrogens (tertiary/aromatic N) is 2. The van der Waals surface area contributed by atoms with E-state index in [4.69, 9.17) is 21.1 Å². The van der Waals surface area contributed by atoms with Gasteiger partial charge in [0.15, 0.2) is 0 Å². The first-order chi connectivity index (χ1) is 10.4. The first-order valence-corrected chi connectivity index (χ1v) is 7.43. The maximum absolute atomic E-state index is 12.4. The molecule has 2 unspecified atom stereocenters. The second kappa shape index (κ2) is 6.92. The minimum atomic E-state index is -0.584. The van der Waals surface area contributed by atoms with Crippen molar-refractivity contribution in [2.75, 3.05) is 7.11 Å². The highest BCUT2D eigenvalue weighted by atomic mass is 35.5. The van der Waals surface area contributed by atoms with Gasteiger partial charge in [-0.2, -0.15) is 0 Å². The van der Waals surface area contributed by atoms with Gasteiger partial charge in [0.25, 0.3) is 0 Å². The maximum atomic E-state index is 12.4. The summed E-state index contributed by atoms with van der Waals surface area (Å²) in [6.45, 7) is 5.40. The Balaban J connectivity index is 2.42. The molecule has 2 atom stereocenters. The zero-order chi connectivity index (χ0) is 16.3. The Labute approximate surface area is 135 Å². The molecule has 0 radical (unpaired) electrons. The average molecular weight is 323 g/mol. The van der Waals surface area contributed by atoms with Gasteiger partial charge in [-0.25, -0.2) is 9.98 Å². The number of methoxy groups -OCH3 is 1. The van der Waals surface area contributed by atoms with Crippen molar-refractivity contribution in [1.82, 2.24) is 0 Å². The van der Waals surface area contributed by atoms with Crippen LogP contribution in [0.25, 0.3) is 0 Å². The first kappa shape index (κ1) is 16.5. The fourth-order valence-electron chi connectivity index (χ4n) is 2.33. The molecule has 0 aliphatic carbocycles. The minimum Gasteiger partial charge on any atom is -0.467 e. The molecule has 1 heterocycles. The van der Waals surface area contributed by atoms with Gasteiger partial charge in [0.05, 0.1) is 19.3 Å². The highest BCUT2D eigenvalue weighted by molar-refractivity contribution is 6.30. The normalized spacial score (nSPS) is 21.2. The van der Waals surface area contributed by atoms with Crippen LogP contribution < -0.4 is 0 Å². The summed E-state index contributed by atoms with van der Waals surface area (Å²) >= 11 is 6.06. The van der Waals surface area contributed by atoms with Gasteiger partial charge in [-0.15, -0.1) is 0 Å². The van der Waals surface area contributed by atoms with E-state index in [0.29, 0.717) is 10.7 Å². The number of aliphatic imine (C=N–C) groups is 2. The molecule has 0 saturated carbocycles. The third-order valence-electron chi connectivity index (χ3n) is 3.27. The Bertz CT molecular complexity index is 626. The number of carbonyl (C=O) groups excluding carboxylic acids is 1. The van der Waals surface area contributed by atoms with Crippen molar-refractivity contribution in [3.63, 3.8) is 0 Å². The number of ether oxygens (including phenoxy) is 2. The number of hydrogen-bond donors (Lipinski definition) is 0. The van der Waals surface area contributed by atoms with E-state index in [1.165, 1.54) is 7.11 Å². The predicted octanol–water partition coefficient (Wildman–Crippen LogP) is 3.43. The molecule has 0 saturated heterocycles. The smallest absolute Gasteiger partial charge is 0.317 e.